The first-order chi connectivity index (χ1) is 11.6. The molecule has 0 saturated heterocycles. The molecule has 4 rings (SSSR count). The van der Waals surface area contributed by atoms with Crippen LogP contribution >= 0.6 is 11.6 Å². The van der Waals surface area contributed by atoms with Gasteiger partial charge >= 0.3 is 0 Å². The van der Waals surface area contributed by atoms with Crippen molar-refractivity contribution in [2.24, 2.45) is 0 Å². The van der Waals surface area contributed by atoms with Gasteiger partial charge in [-0.3, -0.25) is 9.59 Å². The standard InChI is InChI=1S/C20H17ClO3/c21-13-3-5-14(6-4-13)24-15-7-8-16(12-1-2-12)17(11-15)20-18(22)9-10-19(20)23/h3-8,11-12,20H,1-2,9-10H2. The van der Waals surface area contributed by atoms with E-state index in [1.165, 1.54) is 0 Å². The SMILES string of the molecule is O=C1CCC(=O)C1c1cc(Oc2ccc(Cl)cc2)ccc1C1CC1. The molecule has 0 spiro atoms. The van der Waals surface area contributed by atoms with Crippen LogP contribution in [-0.4, -0.2) is 11.6 Å². The van der Waals surface area contributed by atoms with Crippen LogP contribution in [0.2, 0.25) is 5.02 Å². The molecule has 2 saturated carbocycles. The highest BCUT2D eigenvalue weighted by Gasteiger charge is 2.38. The Kier molecular flexibility index (Phi) is 3.89. The van der Waals surface area contributed by atoms with Crippen LogP contribution in [0, 0.1) is 0 Å². The van der Waals surface area contributed by atoms with E-state index < -0.39 is 5.92 Å². The molecule has 0 unspecified atom stereocenters. The van der Waals surface area contributed by atoms with Crippen molar-refractivity contribution in [1.29, 1.82) is 0 Å². The highest BCUT2D eigenvalue weighted by Crippen LogP contribution is 2.46. The zero-order valence-electron chi connectivity index (χ0n) is 13.1. The maximum atomic E-state index is 12.2. The van der Waals surface area contributed by atoms with Gasteiger partial charge in [-0.2, -0.15) is 0 Å². The number of rotatable bonds is 4. The van der Waals surface area contributed by atoms with Gasteiger partial charge in [-0.05, 0) is 66.3 Å². The average molecular weight is 341 g/mol. The van der Waals surface area contributed by atoms with Crippen molar-refractivity contribution >= 4 is 23.2 Å². The van der Waals surface area contributed by atoms with E-state index in [4.69, 9.17) is 16.3 Å². The molecule has 3 nitrogen and oxygen atoms in total. The minimum Gasteiger partial charge on any atom is -0.457 e. The number of Topliss-reactive ketones (excluding diaryl/α,β-unsaturated/α-hetero) is 2. The molecule has 2 aliphatic carbocycles. The molecule has 4 heteroatoms. The summed E-state index contributed by atoms with van der Waals surface area (Å²) in [6, 6.07) is 12.9. The van der Waals surface area contributed by atoms with E-state index >= 15 is 0 Å². The van der Waals surface area contributed by atoms with Gasteiger partial charge in [0.1, 0.15) is 29.0 Å². The molecule has 0 radical (unpaired) electrons. The Bertz CT molecular complexity index is 790. The largest absolute Gasteiger partial charge is 0.457 e. The van der Waals surface area contributed by atoms with Crippen LogP contribution in [0.1, 0.15) is 48.6 Å². The van der Waals surface area contributed by atoms with E-state index in [0.29, 0.717) is 35.3 Å². The Labute approximate surface area is 145 Å². The molecule has 0 atom stereocenters. The zero-order chi connectivity index (χ0) is 16.7. The van der Waals surface area contributed by atoms with Crippen LogP contribution < -0.4 is 4.74 Å². The average Bonchev–Trinajstić information content (AvgIpc) is 3.35. The van der Waals surface area contributed by atoms with Gasteiger partial charge in [0.05, 0.1) is 0 Å². The number of hydrogen-bond acceptors (Lipinski definition) is 3. The summed E-state index contributed by atoms with van der Waals surface area (Å²) in [7, 11) is 0. The number of hydrogen-bond donors (Lipinski definition) is 0. The fourth-order valence-corrected chi connectivity index (χ4v) is 3.46. The number of ketones is 2. The summed E-state index contributed by atoms with van der Waals surface area (Å²) >= 11 is 5.89. The molecular weight excluding hydrogens is 324 g/mol. The summed E-state index contributed by atoms with van der Waals surface area (Å²) in [6.07, 6.45) is 2.96. The Balaban J connectivity index is 1.69. The van der Waals surface area contributed by atoms with Crippen molar-refractivity contribution < 1.29 is 14.3 Å². The highest BCUT2D eigenvalue weighted by atomic mass is 35.5. The van der Waals surface area contributed by atoms with Gasteiger partial charge in [-0.15, -0.1) is 0 Å². The van der Waals surface area contributed by atoms with E-state index in [2.05, 4.69) is 0 Å². The fourth-order valence-electron chi connectivity index (χ4n) is 3.33. The lowest BCUT2D eigenvalue weighted by molar-refractivity contribution is -0.123. The summed E-state index contributed by atoms with van der Waals surface area (Å²) < 4.78 is 5.88. The first-order valence-electron chi connectivity index (χ1n) is 8.24. The van der Waals surface area contributed by atoms with Crippen molar-refractivity contribution in [2.75, 3.05) is 0 Å². The van der Waals surface area contributed by atoms with E-state index in [1.807, 2.05) is 18.2 Å². The lowest BCUT2D eigenvalue weighted by Gasteiger charge is -2.16. The molecule has 122 valence electrons. The quantitative estimate of drug-likeness (QED) is 0.733. The number of carbonyl (C=O) groups is 2. The fraction of sp³-hybridized carbons (Fsp3) is 0.300. The van der Waals surface area contributed by atoms with Crippen molar-refractivity contribution in [3.8, 4) is 11.5 Å². The molecule has 0 aromatic heterocycles. The van der Waals surface area contributed by atoms with Gasteiger partial charge in [0.2, 0.25) is 0 Å². The van der Waals surface area contributed by atoms with Crippen molar-refractivity contribution in [3.05, 3.63) is 58.6 Å². The molecule has 0 N–H and O–H groups in total. The first kappa shape index (κ1) is 15.4. The molecular formula is C20H17ClO3. The van der Waals surface area contributed by atoms with Gasteiger partial charge in [-0.1, -0.05) is 17.7 Å². The van der Waals surface area contributed by atoms with Crippen LogP contribution in [0.25, 0.3) is 0 Å². The molecule has 0 amide bonds. The summed E-state index contributed by atoms with van der Waals surface area (Å²) in [5, 5.41) is 0.647. The third-order valence-electron chi connectivity index (χ3n) is 4.70. The van der Waals surface area contributed by atoms with Crippen LogP contribution in [0.5, 0.6) is 11.5 Å². The van der Waals surface area contributed by atoms with Crippen molar-refractivity contribution in [3.63, 3.8) is 0 Å². The Morgan fingerprint density at radius 3 is 2.08 bits per heavy atom. The molecule has 2 aliphatic rings. The topological polar surface area (TPSA) is 43.4 Å². The van der Waals surface area contributed by atoms with E-state index in [1.54, 1.807) is 24.3 Å². The third-order valence-corrected chi connectivity index (χ3v) is 4.95. The molecule has 0 heterocycles. The van der Waals surface area contributed by atoms with E-state index in [-0.39, 0.29) is 11.6 Å². The molecule has 2 fully saturated rings. The van der Waals surface area contributed by atoms with Gasteiger partial charge in [0.25, 0.3) is 0 Å². The number of carbonyl (C=O) groups excluding carboxylic acids is 2. The minimum absolute atomic E-state index is 0.0329. The lowest BCUT2D eigenvalue weighted by Crippen LogP contribution is -2.14. The second-order valence-corrected chi connectivity index (χ2v) is 6.92. The predicted molar refractivity (Wildman–Crippen MR) is 91.9 cm³/mol. The number of ether oxygens (including phenoxy) is 1. The van der Waals surface area contributed by atoms with Gasteiger partial charge in [0, 0.05) is 17.9 Å². The van der Waals surface area contributed by atoms with Crippen molar-refractivity contribution in [1.82, 2.24) is 0 Å². The molecule has 24 heavy (non-hydrogen) atoms. The third kappa shape index (κ3) is 2.96. The molecule has 2 aromatic carbocycles. The van der Waals surface area contributed by atoms with Crippen LogP contribution in [0.3, 0.4) is 0 Å². The molecule has 0 aliphatic heterocycles. The number of halogens is 1. The predicted octanol–water partition coefficient (Wildman–Crippen LogP) is 5.03. The monoisotopic (exact) mass is 340 g/mol. The Morgan fingerprint density at radius 2 is 1.46 bits per heavy atom. The second kappa shape index (κ2) is 6.06. The second-order valence-electron chi connectivity index (χ2n) is 6.49. The summed E-state index contributed by atoms with van der Waals surface area (Å²) in [5.74, 6) is 1.26. The van der Waals surface area contributed by atoms with Gasteiger partial charge < -0.3 is 4.74 Å². The van der Waals surface area contributed by atoms with Gasteiger partial charge in [-0.25, -0.2) is 0 Å². The minimum atomic E-state index is -0.602. The molecule has 0 bridgehead atoms. The van der Waals surface area contributed by atoms with Gasteiger partial charge in [0.15, 0.2) is 0 Å². The maximum absolute atomic E-state index is 12.2. The Morgan fingerprint density at radius 1 is 0.833 bits per heavy atom. The van der Waals surface area contributed by atoms with E-state index in [0.717, 1.165) is 24.0 Å². The van der Waals surface area contributed by atoms with Crippen LogP contribution in [0.15, 0.2) is 42.5 Å². The zero-order valence-corrected chi connectivity index (χ0v) is 13.9. The smallest absolute Gasteiger partial charge is 0.148 e. The number of benzene rings is 2. The van der Waals surface area contributed by atoms with Crippen LogP contribution in [0.4, 0.5) is 0 Å². The van der Waals surface area contributed by atoms with Crippen LogP contribution in [-0.2, 0) is 9.59 Å². The van der Waals surface area contributed by atoms with Crippen molar-refractivity contribution in [2.45, 2.75) is 37.5 Å². The lowest BCUT2D eigenvalue weighted by atomic mass is 9.89. The van der Waals surface area contributed by atoms with E-state index in [9.17, 15) is 9.59 Å². The Hall–Kier alpha value is -2.13. The summed E-state index contributed by atoms with van der Waals surface area (Å²) in [5.41, 5.74) is 1.98. The summed E-state index contributed by atoms with van der Waals surface area (Å²) in [4.78, 5) is 24.4. The maximum Gasteiger partial charge on any atom is 0.148 e. The summed E-state index contributed by atoms with van der Waals surface area (Å²) in [6.45, 7) is 0. The first-order valence-corrected chi connectivity index (χ1v) is 8.62. The molecule has 2 aromatic rings. The highest BCUT2D eigenvalue weighted by molar-refractivity contribution is 6.30. The normalized spacial score (nSPS) is 18.2.